The summed E-state index contributed by atoms with van der Waals surface area (Å²) in [7, 11) is 0. The van der Waals surface area contributed by atoms with Crippen LogP contribution in [0.2, 0.25) is 0 Å². The van der Waals surface area contributed by atoms with Crippen LogP contribution in [0.5, 0.6) is 0 Å². The van der Waals surface area contributed by atoms with Gasteiger partial charge in [-0.15, -0.1) is 0 Å². The summed E-state index contributed by atoms with van der Waals surface area (Å²) in [5.41, 5.74) is -0.218. The second-order valence-electron chi connectivity index (χ2n) is 4.60. The standard InChI is InChI=1S/C14H9BrN4O5S/c15-10-7-8(18(21)22)5-6-11(10)16-14(25)17-13(20)9-3-1-2-4-12(9)19(23)24/h1-7H,(H2,16,17,20,25). The summed E-state index contributed by atoms with van der Waals surface area (Å²) < 4.78 is 0.365. The second-order valence-corrected chi connectivity index (χ2v) is 5.87. The van der Waals surface area contributed by atoms with E-state index in [9.17, 15) is 25.0 Å². The van der Waals surface area contributed by atoms with E-state index in [4.69, 9.17) is 12.2 Å². The van der Waals surface area contributed by atoms with Crippen molar-refractivity contribution in [2.24, 2.45) is 0 Å². The third-order valence-corrected chi connectivity index (χ3v) is 3.84. The smallest absolute Gasteiger partial charge is 0.282 e. The number of carbonyl (C=O) groups is 1. The van der Waals surface area contributed by atoms with Crippen LogP contribution in [-0.2, 0) is 0 Å². The highest BCUT2D eigenvalue weighted by molar-refractivity contribution is 9.10. The zero-order valence-corrected chi connectivity index (χ0v) is 14.7. The molecule has 2 rings (SSSR count). The van der Waals surface area contributed by atoms with E-state index in [1.54, 1.807) is 0 Å². The minimum absolute atomic E-state index is 0.113. The first-order valence-electron chi connectivity index (χ1n) is 6.59. The fourth-order valence-corrected chi connectivity index (χ4v) is 2.54. The molecule has 128 valence electrons. The third kappa shape index (κ3) is 4.55. The molecule has 0 aliphatic carbocycles. The van der Waals surface area contributed by atoms with Crippen LogP contribution >= 0.6 is 28.1 Å². The van der Waals surface area contributed by atoms with Crippen LogP contribution in [0.3, 0.4) is 0 Å². The van der Waals surface area contributed by atoms with Gasteiger partial charge in [0, 0.05) is 22.7 Å². The number of halogens is 1. The Balaban J connectivity index is 2.12. The van der Waals surface area contributed by atoms with Gasteiger partial charge >= 0.3 is 0 Å². The van der Waals surface area contributed by atoms with Gasteiger partial charge in [0.15, 0.2) is 5.11 Å². The summed E-state index contributed by atoms with van der Waals surface area (Å²) in [6.07, 6.45) is 0. The lowest BCUT2D eigenvalue weighted by molar-refractivity contribution is -0.385. The highest BCUT2D eigenvalue weighted by Gasteiger charge is 2.20. The van der Waals surface area contributed by atoms with E-state index in [0.29, 0.717) is 10.2 Å². The molecule has 25 heavy (non-hydrogen) atoms. The lowest BCUT2D eigenvalue weighted by Crippen LogP contribution is -2.34. The van der Waals surface area contributed by atoms with Gasteiger partial charge in [-0.25, -0.2) is 0 Å². The lowest BCUT2D eigenvalue weighted by Gasteiger charge is -2.11. The van der Waals surface area contributed by atoms with E-state index in [-0.39, 0.29) is 22.1 Å². The van der Waals surface area contributed by atoms with Crippen LogP contribution in [-0.4, -0.2) is 20.9 Å². The molecule has 0 aliphatic rings. The first-order chi connectivity index (χ1) is 11.8. The molecule has 0 bridgehead atoms. The first-order valence-corrected chi connectivity index (χ1v) is 7.79. The number of benzene rings is 2. The Morgan fingerprint density at radius 2 is 1.76 bits per heavy atom. The van der Waals surface area contributed by atoms with Gasteiger partial charge in [-0.05, 0) is 40.3 Å². The number of thiocarbonyl (C=S) groups is 1. The van der Waals surface area contributed by atoms with Gasteiger partial charge in [-0.3, -0.25) is 30.3 Å². The van der Waals surface area contributed by atoms with Crippen molar-refractivity contribution in [3.8, 4) is 0 Å². The first kappa shape index (κ1) is 18.4. The van der Waals surface area contributed by atoms with Crippen molar-refractivity contribution in [1.29, 1.82) is 0 Å². The van der Waals surface area contributed by atoms with Crippen LogP contribution in [0, 0.1) is 20.2 Å². The molecular weight excluding hydrogens is 416 g/mol. The molecule has 0 aliphatic heterocycles. The topological polar surface area (TPSA) is 127 Å². The van der Waals surface area contributed by atoms with E-state index in [1.165, 1.54) is 42.5 Å². The Morgan fingerprint density at radius 3 is 2.36 bits per heavy atom. The maximum Gasteiger partial charge on any atom is 0.282 e. The number of nitrogens with zero attached hydrogens (tertiary/aromatic N) is 2. The Labute approximate surface area is 154 Å². The van der Waals surface area contributed by atoms with E-state index in [0.717, 1.165) is 0 Å². The van der Waals surface area contributed by atoms with Crippen molar-refractivity contribution in [3.63, 3.8) is 0 Å². The third-order valence-electron chi connectivity index (χ3n) is 2.98. The molecule has 1 amide bonds. The maximum atomic E-state index is 12.2. The number of hydrogen-bond donors (Lipinski definition) is 2. The predicted molar refractivity (Wildman–Crippen MR) is 97.6 cm³/mol. The van der Waals surface area contributed by atoms with Gasteiger partial charge in [0.05, 0.1) is 15.5 Å². The average molecular weight is 425 g/mol. The quantitative estimate of drug-likeness (QED) is 0.437. The van der Waals surface area contributed by atoms with Gasteiger partial charge in [0.2, 0.25) is 0 Å². The number of carbonyl (C=O) groups excluding carboxylic acids is 1. The summed E-state index contributed by atoms with van der Waals surface area (Å²) in [4.78, 5) is 32.6. The molecule has 0 atom stereocenters. The van der Waals surface area contributed by atoms with E-state index in [2.05, 4.69) is 26.6 Å². The van der Waals surface area contributed by atoms with Gasteiger partial charge in [0.25, 0.3) is 17.3 Å². The SMILES string of the molecule is O=C(NC(=S)Nc1ccc([N+](=O)[O-])cc1Br)c1ccccc1[N+](=O)[O-]. The molecule has 2 N–H and O–H groups in total. The van der Waals surface area contributed by atoms with Gasteiger partial charge in [0.1, 0.15) is 5.56 Å². The summed E-state index contributed by atoms with van der Waals surface area (Å²) in [6, 6.07) is 9.39. The molecule has 0 aromatic heterocycles. The van der Waals surface area contributed by atoms with Crippen molar-refractivity contribution < 1.29 is 14.6 Å². The maximum absolute atomic E-state index is 12.2. The molecule has 2 aromatic carbocycles. The van der Waals surface area contributed by atoms with E-state index >= 15 is 0 Å². The van der Waals surface area contributed by atoms with Crippen LogP contribution < -0.4 is 10.6 Å². The number of non-ortho nitro benzene ring substituents is 1. The van der Waals surface area contributed by atoms with Gasteiger partial charge in [-0.1, -0.05) is 12.1 Å². The number of hydrogen-bond acceptors (Lipinski definition) is 6. The molecule has 0 unspecified atom stereocenters. The van der Waals surface area contributed by atoms with Gasteiger partial charge in [-0.2, -0.15) is 0 Å². The largest absolute Gasteiger partial charge is 0.331 e. The highest BCUT2D eigenvalue weighted by atomic mass is 79.9. The van der Waals surface area contributed by atoms with Crippen molar-refractivity contribution in [2.75, 3.05) is 5.32 Å². The monoisotopic (exact) mass is 424 g/mol. The summed E-state index contributed by atoms with van der Waals surface area (Å²) >= 11 is 8.15. The molecule has 0 spiro atoms. The number of anilines is 1. The Morgan fingerprint density at radius 1 is 1.08 bits per heavy atom. The number of amides is 1. The van der Waals surface area contributed by atoms with E-state index < -0.39 is 15.8 Å². The summed E-state index contributed by atoms with van der Waals surface area (Å²) in [6.45, 7) is 0. The molecule has 0 fully saturated rings. The molecule has 2 aromatic rings. The van der Waals surface area contributed by atoms with Crippen LogP contribution in [0.1, 0.15) is 10.4 Å². The van der Waals surface area contributed by atoms with Crippen LogP contribution in [0.15, 0.2) is 46.9 Å². The zero-order valence-electron chi connectivity index (χ0n) is 12.3. The Bertz CT molecular complexity index is 889. The lowest BCUT2D eigenvalue weighted by atomic mass is 10.1. The second kappa shape index (κ2) is 7.77. The fraction of sp³-hybridized carbons (Fsp3) is 0. The van der Waals surface area contributed by atoms with Crippen molar-refractivity contribution in [1.82, 2.24) is 5.32 Å². The molecular formula is C14H9BrN4O5S. The summed E-state index contributed by atoms with van der Waals surface area (Å²) in [5.74, 6) is -0.747. The minimum Gasteiger partial charge on any atom is -0.331 e. The molecule has 0 heterocycles. The normalized spacial score (nSPS) is 9.96. The highest BCUT2D eigenvalue weighted by Crippen LogP contribution is 2.27. The summed E-state index contributed by atoms with van der Waals surface area (Å²) in [5, 5.41) is 26.6. The van der Waals surface area contributed by atoms with Crippen LogP contribution in [0.4, 0.5) is 17.1 Å². The Kier molecular flexibility index (Phi) is 5.72. The Hall–Kier alpha value is -2.92. The van der Waals surface area contributed by atoms with Gasteiger partial charge < -0.3 is 5.32 Å². The number of rotatable bonds is 4. The molecule has 11 heteroatoms. The molecule has 0 saturated carbocycles. The predicted octanol–water partition coefficient (Wildman–Crippen LogP) is 3.39. The van der Waals surface area contributed by atoms with Crippen molar-refractivity contribution in [2.45, 2.75) is 0 Å². The number of nitro groups is 2. The fourth-order valence-electron chi connectivity index (χ4n) is 1.87. The zero-order chi connectivity index (χ0) is 18.6. The van der Waals surface area contributed by atoms with E-state index in [1.807, 2.05) is 0 Å². The molecule has 0 radical (unpaired) electrons. The number of nitro benzene ring substituents is 2. The van der Waals surface area contributed by atoms with Crippen molar-refractivity contribution in [3.05, 3.63) is 72.7 Å². The van der Waals surface area contributed by atoms with Crippen LogP contribution in [0.25, 0.3) is 0 Å². The number of nitrogens with one attached hydrogen (secondary N) is 2. The van der Waals surface area contributed by atoms with Crippen molar-refractivity contribution >= 4 is 56.2 Å². The minimum atomic E-state index is -0.747. The number of para-hydroxylation sites is 1. The molecule has 0 saturated heterocycles. The molecule has 9 nitrogen and oxygen atoms in total. The average Bonchev–Trinajstić information content (AvgIpc) is 2.56.